The summed E-state index contributed by atoms with van der Waals surface area (Å²) in [4.78, 5) is 22.9. The van der Waals surface area contributed by atoms with Crippen molar-refractivity contribution in [3.05, 3.63) is 35.9 Å². The molecule has 104 valence electrons. The maximum atomic E-state index is 11.9. The zero-order chi connectivity index (χ0) is 14.4. The Bertz CT molecular complexity index is 539. The summed E-state index contributed by atoms with van der Waals surface area (Å²) < 4.78 is 10.6. The normalized spacial score (nSPS) is 21.4. The van der Waals surface area contributed by atoms with E-state index in [0.717, 1.165) is 6.42 Å². The summed E-state index contributed by atoms with van der Waals surface area (Å²) in [6.45, 7) is 1.92. The Balaban J connectivity index is 2.05. The standard InChI is InChI=1S/C16H16O4/c1-12(17)20-16-8-5-11-19-15(16)10-9-14(18)13-6-3-2-4-7-13/h2-4,6-7,15-16H,5,8,11H2,1H3/t15-,16-/m1/s1. The Labute approximate surface area is 118 Å². The molecule has 0 aromatic heterocycles. The van der Waals surface area contributed by atoms with Gasteiger partial charge in [-0.3, -0.25) is 9.59 Å². The molecule has 1 aromatic rings. The molecule has 0 saturated carbocycles. The Morgan fingerprint density at radius 2 is 2.05 bits per heavy atom. The first kappa shape index (κ1) is 14.3. The van der Waals surface area contributed by atoms with Crippen LogP contribution in [0.15, 0.2) is 30.3 Å². The number of rotatable bonds is 2. The molecule has 2 atom stereocenters. The van der Waals surface area contributed by atoms with Crippen LogP contribution in [0.2, 0.25) is 0 Å². The van der Waals surface area contributed by atoms with Gasteiger partial charge >= 0.3 is 5.97 Å². The molecule has 1 aromatic carbocycles. The zero-order valence-electron chi connectivity index (χ0n) is 11.3. The van der Waals surface area contributed by atoms with Gasteiger partial charge in [-0.25, -0.2) is 0 Å². The molecule has 0 bridgehead atoms. The van der Waals surface area contributed by atoms with E-state index in [4.69, 9.17) is 9.47 Å². The molecule has 4 heteroatoms. The van der Waals surface area contributed by atoms with Gasteiger partial charge in [0.1, 0.15) is 6.10 Å². The second-order valence-electron chi connectivity index (χ2n) is 4.55. The maximum absolute atomic E-state index is 11.9. The van der Waals surface area contributed by atoms with Crippen LogP contribution in [0, 0.1) is 11.8 Å². The summed E-state index contributed by atoms with van der Waals surface area (Å²) in [6, 6.07) is 8.83. The molecule has 1 aliphatic heterocycles. The van der Waals surface area contributed by atoms with Crippen LogP contribution in [0.1, 0.15) is 30.1 Å². The second kappa shape index (κ2) is 6.88. The quantitative estimate of drug-likeness (QED) is 0.357. The van der Waals surface area contributed by atoms with Gasteiger partial charge in [0.25, 0.3) is 0 Å². The zero-order valence-corrected chi connectivity index (χ0v) is 11.3. The van der Waals surface area contributed by atoms with Gasteiger partial charge < -0.3 is 9.47 Å². The van der Waals surface area contributed by atoms with E-state index < -0.39 is 12.2 Å². The minimum Gasteiger partial charge on any atom is -0.459 e. The highest BCUT2D eigenvalue weighted by molar-refractivity contribution is 6.09. The van der Waals surface area contributed by atoms with Crippen molar-refractivity contribution in [2.45, 2.75) is 32.0 Å². The van der Waals surface area contributed by atoms with Crippen molar-refractivity contribution in [1.82, 2.24) is 0 Å². The van der Waals surface area contributed by atoms with Crippen molar-refractivity contribution < 1.29 is 19.1 Å². The molecule has 1 heterocycles. The Morgan fingerprint density at radius 3 is 2.75 bits per heavy atom. The average Bonchev–Trinajstić information content (AvgIpc) is 2.46. The third kappa shape index (κ3) is 3.94. The molecule has 2 rings (SSSR count). The van der Waals surface area contributed by atoms with E-state index in [1.807, 2.05) is 6.07 Å². The fraction of sp³-hybridized carbons (Fsp3) is 0.375. The first-order chi connectivity index (χ1) is 9.66. The van der Waals surface area contributed by atoms with Crippen molar-refractivity contribution in [2.75, 3.05) is 6.61 Å². The van der Waals surface area contributed by atoms with Gasteiger partial charge in [-0.15, -0.1) is 0 Å². The van der Waals surface area contributed by atoms with E-state index in [0.29, 0.717) is 18.6 Å². The number of ketones is 1. The number of carbonyl (C=O) groups excluding carboxylic acids is 2. The van der Waals surface area contributed by atoms with Crippen molar-refractivity contribution in [3.8, 4) is 11.8 Å². The number of carbonyl (C=O) groups is 2. The molecule has 1 aliphatic rings. The van der Waals surface area contributed by atoms with E-state index in [1.54, 1.807) is 24.3 Å². The molecule has 20 heavy (non-hydrogen) atoms. The molecular formula is C16H16O4. The number of ether oxygens (including phenoxy) is 2. The lowest BCUT2D eigenvalue weighted by molar-refractivity contribution is -0.156. The molecule has 0 amide bonds. The van der Waals surface area contributed by atoms with Crippen LogP contribution in [0.3, 0.4) is 0 Å². The van der Waals surface area contributed by atoms with Crippen molar-refractivity contribution >= 4 is 11.8 Å². The van der Waals surface area contributed by atoms with E-state index >= 15 is 0 Å². The molecule has 4 nitrogen and oxygen atoms in total. The highest BCUT2D eigenvalue weighted by Gasteiger charge is 2.27. The van der Waals surface area contributed by atoms with Crippen LogP contribution >= 0.6 is 0 Å². The number of esters is 1. The maximum Gasteiger partial charge on any atom is 0.303 e. The lowest BCUT2D eigenvalue weighted by Crippen LogP contribution is -2.36. The van der Waals surface area contributed by atoms with Gasteiger partial charge in [0.05, 0.1) is 0 Å². The predicted molar refractivity (Wildman–Crippen MR) is 73.1 cm³/mol. The SMILES string of the molecule is CC(=O)O[C@@H]1CCCO[C@@H]1C#CC(=O)c1ccccc1. The van der Waals surface area contributed by atoms with Gasteiger partial charge in [-0.2, -0.15) is 0 Å². The number of benzene rings is 1. The van der Waals surface area contributed by atoms with Gasteiger partial charge in [-0.1, -0.05) is 36.3 Å². The fourth-order valence-electron chi connectivity index (χ4n) is 2.02. The molecule has 0 unspecified atom stereocenters. The monoisotopic (exact) mass is 272 g/mol. The number of Topliss-reactive ketones (excluding diaryl/α,β-unsaturated/α-hetero) is 1. The minimum atomic E-state index is -0.527. The van der Waals surface area contributed by atoms with Gasteiger partial charge in [0.2, 0.25) is 5.78 Å². The molecule has 1 saturated heterocycles. The molecule has 0 aliphatic carbocycles. The topological polar surface area (TPSA) is 52.6 Å². The summed E-state index contributed by atoms with van der Waals surface area (Å²) in [5, 5.41) is 0. The molecule has 0 radical (unpaired) electrons. The fourth-order valence-corrected chi connectivity index (χ4v) is 2.02. The van der Waals surface area contributed by atoms with Crippen LogP contribution in [-0.4, -0.2) is 30.6 Å². The molecule has 0 N–H and O–H groups in total. The molecule has 0 spiro atoms. The minimum absolute atomic E-state index is 0.263. The van der Waals surface area contributed by atoms with Crippen molar-refractivity contribution in [2.24, 2.45) is 0 Å². The van der Waals surface area contributed by atoms with E-state index in [9.17, 15) is 9.59 Å². The largest absolute Gasteiger partial charge is 0.459 e. The van der Waals surface area contributed by atoms with Gasteiger partial charge in [-0.05, 0) is 18.8 Å². The second-order valence-corrected chi connectivity index (χ2v) is 4.55. The summed E-state index contributed by atoms with van der Waals surface area (Å²) in [6.07, 6.45) is 0.610. The van der Waals surface area contributed by atoms with Crippen molar-refractivity contribution in [1.29, 1.82) is 0 Å². The van der Waals surface area contributed by atoms with Crippen LogP contribution < -0.4 is 0 Å². The lowest BCUT2D eigenvalue weighted by Gasteiger charge is -2.27. The summed E-state index contributed by atoms with van der Waals surface area (Å²) in [7, 11) is 0. The highest BCUT2D eigenvalue weighted by Crippen LogP contribution is 2.17. The molecule has 1 fully saturated rings. The summed E-state index contributed by atoms with van der Waals surface area (Å²) in [5.74, 6) is 4.72. The summed E-state index contributed by atoms with van der Waals surface area (Å²) >= 11 is 0. The third-order valence-corrected chi connectivity index (χ3v) is 2.95. The van der Waals surface area contributed by atoms with E-state index in [1.165, 1.54) is 6.92 Å². The highest BCUT2D eigenvalue weighted by atomic mass is 16.6. The Kier molecular flexibility index (Phi) is 4.91. The number of hydrogen-bond acceptors (Lipinski definition) is 4. The van der Waals surface area contributed by atoms with Crippen LogP contribution in [0.4, 0.5) is 0 Å². The van der Waals surface area contributed by atoms with Crippen LogP contribution in [-0.2, 0) is 14.3 Å². The van der Waals surface area contributed by atoms with E-state index in [2.05, 4.69) is 11.8 Å². The first-order valence-electron chi connectivity index (χ1n) is 6.56. The number of hydrogen-bond donors (Lipinski definition) is 0. The van der Waals surface area contributed by atoms with Crippen LogP contribution in [0.5, 0.6) is 0 Å². The third-order valence-electron chi connectivity index (χ3n) is 2.95. The lowest BCUT2D eigenvalue weighted by atomic mass is 10.0. The van der Waals surface area contributed by atoms with Crippen molar-refractivity contribution in [3.63, 3.8) is 0 Å². The first-order valence-corrected chi connectivity index (χ1v) is 6.56. The summed E-state index contributed by atoms with van der Waals surface area (Å²) in [5.41, 5.74) is 0.542. The molecular weight excluding hydrogens is 256 g/mol. The Hall–Kier alpha value is -2.12. The smallest absolute Gasteiger partial charge is 0.303 e. The Morgan fingerprint density at radius 1 is 1.30 bits per heavy atom. The predicted octanol–water partition coefficient (Wildman–Crippen LogP) is 1.98. The van der Waals surface area contributed by atoms with Gasteiger partial charge in [0.15, 0.2) is 6.10 Å². The average molecular weight is 272 g/mol. The van der Waals surface area contributed by atoms with E-state index in [-0.39, 0.29) is 11.8 Å². The van der Waals surface area contributed by atoms with Crippen LogP contribution in [0.25, 0.3) is 0 Å². The van der Waals surface area contributed by atoms with Gasteiger partial charge in [0, 0.05) is 19.1 Å².